The van der Waals surface area contributed by atoms with Gasteiger partial charge in [0.05, 0.1) is 23.0 Å². The molecule has 2 aromatic rings. The number of nitrogens with zero attached hydrogens (tertiary/aromatic N) is 5. The first-order chi connectivity index (χ1) is 11.0. The summed E-state index contributed by atoms with van der Waals surface area (Å²) in [5, 5.41) is 7.33. The molecule has 1 N–H and O–H groups in total. The first-order valence-electron chi connectivity index (χ1n) is 7.84. The van der Waals surface area contributed by atoms with Gasteiger partial charge in [-0.3, -0.25) is 9.48 Å². The monoisotopic (exact) mass is 314 g/mol. The van der Waals surface area contributed by atoms with E-state index in [-0.39, 0.29) is 11.9 Å². The molecule has 1 saturated heterocycles. The lowest BCUT2D eigenvalue weighted by molar-refractivity contribution is 0.0732. The molecule has 1 aliphatic heterocycles. The maximum atomic E-state index is 12.9. The molecule has 0 aliphatic carbocycles. The Kier molecular flexibility index (Phi) is 4.02. The predicted octanol–water partition coefficient (Wildman–Crippen LogP) is 1.85. The second-order valence-electron chi connectivity index (χ2n) is 5.93. The zero-order valence-corrected chi connectivity index (χ0v) is 14.0. The number of amides is 1. The van der Waals surface area contributed by atoms with E-state index >= 15 is 0 Å². The van der Waals surface area contributed by atoms with Crippen LogP contribution in [-0.4, -0.2) is 44.1 Å². The molecule has 0 saturated carbocycles. The first kappa shape index (κ1) is 15.5. The average Bonchev–Trinajstić information content (AvgIpc) is 3.12. The highest BCUT2D eigenvalue weighted by atomic mass is 16.2. The van der Waals surface area contributed by atoms with Gasteiger partial charge >= 0.3 is 0 Å². The van der Waals surface area contributed by atoms with E-state index in [4.69, 9.17) is 0 Å². The summed E-state index contributed by atoms with van der Waals surface area (Å²) >= 11 is 0. The summed E-state index contributed by atoms with van der Waals surface area (Å²) in [6.07, 6.45) is 3.69. The molecule has 122 valence electrons. The van der Waals surface area contributed by atoms with Gasteiger partial charge in [-0.15, -0.1) is 0 Å². The van der Waals surface area contributed by atoms with E-state index in [0.717, 1.165) is 36.6 Å². The van der Waals surface area contributed by atoms with E-state index in [1.165, 1.54) is 0 Å². The van der Waals surface area contributed by atoms with Crippen molar-refractivity contribution in [3.8, 4) is 0 Å². The topological polar surface area (TPSA) is 75.9 Å². The van der Waals surface area contributed by atoms with Gasteiger partial charge in [-0.2, -0.15) is 5.10 Å². The Bertz CT molecular complexity index is 738. The summed E-state index contributed by atoms with van der Waals surface area (Å²) in [6, 6.07) is 1.93. The number of hydrogen-bond acceptors (Lipinski definition) is 5. The van der Waals surface area contributed by atoms with Crippen molar-refractivity contribution in [1.82, 2.24) is 24.6 Å². The van der Waals surface area contributed by atoms with Gasteiger partial charge in [0.15, 0.2) is 0 Å². The van der Waals surface area contributed by atoms with Crippen LogP contribution in [0.25, 0.3) is 0 Å². The first-order valence-corrected chi connectivity index (χ1v) is 7.84. The fourth-order valence-corrected chi connectivity index (χ4v) is 3.17. The fourth-order valence-electron chi connectivity index (χ4n) is 3.17. The maximum Gasteiger partial charge on any atom is 0.257 e. The van der Waals surface area contributed by atoms with E-state index < -0.39 is 0 Å². The molecule has 1 aliphatic rings. The molecular formula is C16H22N6O. The summed E-state index contributed by atoms with van der Waals surface area (Å²) in [4.78, 5) is 23.7. The highest BCUT2D eigenvalue weighted by Crippen LogP contribution is 2.33. The molecule has 0 bridgehead atoms. The summed E-state index contributed by atoms with van der Waals surface area (Å²) in [7, 11) is 3.67. The van der Waals surface area contributed by atoms with Crippen molar-refractivity contribution in [1.29, 1.82) is 0 Å². The SMILES string of the molecule is CNc1cc([C@H]2CCCN2C(=O)c2cn(C)nc2C)nc(C)n1. The summed E-state index contributed by atoms with van der Waals surface area (Å²) in [6.45, 7) is 4.48. The molecule has 0 radical (unpaired) electrons. The van der Waals surface area contributed by atoms with E-state index in [1.54, 1.807) is 10.9 Å². The van der Waals surface area contributed by atoms with E-state index in [2.05, 4.69) is 20.4 Å². The molecule has 0 spiro atoms. The summed E-state index contributed by atoms with van der Waals surface area (Å²) in [5.74, 6) is 1.52. The van der Waals surface area contributed by atoms with E-state index in [0.29, 0.717) is 11.4 Å². The van der Waals surface area contributed by atoms with Crippen LogP contribution in [-0.2, 0) is 7.05 Å². The number of aromatic nitrogens is 4. The minimum Gasteiger partial charge on any atom is -0.373 e. The van der Waals surface area contributed by atoms with Crippen molar-refractivity contribution < 1.29 is 4.79 Å². The van der Waals surface area contributed by atoms with Crippen molar-refractivity contribution in [2.75, 3.05) is 18.9 Å². The number of likely N-dealkylation sites (tertiary alicyclic amines) is 1. The van der Waals surface area contributed by atoms with Gasteiger partial charge < -0.3 is 10.2 Å². The van der Waals surface area contributed by atoms with Crippen molar-refractivity contribution in [3.05, 3.63) is 35.0 Å². The van der Waals surface area contributed by atoms with Gasteiger partial charge in [0.2, 0.25) is 0 Å². The third kappa shape index (κ3) is 2.91. The largest absolute Gasteiger partial charge is 0.373 e. The molecule has 2 aromatic heterocycles. The minimum absolute atomic E-state index is 0.00379. The van der Waals surface area contributed by atoms with Crippen LogP contribution in [0.15, 0.2) is 12.3 Å². The molecule has 1 atom stereocenters. The van der Waals surface area contributed by atoms with E-state index in [9.17, 15) is 4.79 Å². The van der Waals surface area contributed by atoms with Crippen molar-refractivity contribution in [2.45, 2.75) is 32.7 Å². The lowest BCUT2D eigenvalue weighted by Gasteiger charge is -2.24. The van der Waals surface area contributed by atoms with Gasteiger partial charge in [-0.25, -0.2) is 9.97 Å². The Morgan fingerprint density at radius 2 is 2.13 bits per heavy atom. The van der Waals surface area contributed by atoms with Crippen molar-refractivity contribution >= 4 is 11.7 Å². The fraction of sp³-hybridized carbons (Fsp3) is 0.500. The van der Waals surface area contributed by atoms with Gasteiger partial charge in [0, 0.05) is 32.9 Å². The Morgan fingerprint density at radius 3 is 2.78 bits per heavy atom. The normalized spacial score (nSPS) is 17.6. The highest BCUT2D eigenvalue weighted by Gasteiger charge is 2.33. The molecule has 23 heavy (non-hydrogen) atoms. The number of nitrogens with one attached hydrogen (secondary N) is 1. The number of aryl methyl sites for hydroxylation is 3. The minimum atomic E-state index is -0.00379. The Balaban J connectivity index is 1.92. The number of carbonyl (C=O) groups excluding carboxylic acids is 1. The van der Waals surface area contributed by atoms with Crippen molar-refractivity contribution in [2.24, 2.45) is 7.05 Å². The number of carbonyl (C=O) groups is 1. The molecule has 3 rings (SSSR count). The smallest absolute Gasteiger partial charge is 0.257 e. The molecule has 3 heterocycles. The summed E-state index contributed by atoms with van der Waals surface area (Å²) in [5.41, 5.74) is 2.33. The highest BCUT2D eigenvalue weighted by molar-refractivity contribution is 5.95. The lowest BCUT2D eigenvalue weighted by Crippen LogP contribution is -2.31. The molecule has 7 heteroatoms. The zero-order chi connectivity index (χ0) is 16.6. The zero-order valence-electron chi connectivity index (χ0n) is 14.0. The average molecular weight is 314 g/mol. The van der Waals surface area contributed by atoms with Crippen LogP contribution in [0.3, 0.4) is 0 Å². The van der Waals surface area contributed by atoms with Crippen LogP contribution in [0.4, 0.5) is 5.82 Å². The molecule has 0 aromatic carbocycles. The number of rotatable bonds is 3. The predicted molar refractivity (Wildman–Crippen MR) is 87.3 cm³/mol. The van der Waals surface area contributed by atoms with Crippen LogP contribution >= 0.6 is 0 Å². The molecular weight excluding hydrogens is 292 g/mol. The number of hydrogen-bond donors (Lipinski definition) is 1. The van der Waals surface area contributed by atoms with Crippen molar-refractivity contribution in [3.63, 3.8) is 0 Å². The number of anilines is 1. The second-order valence-corrected chi connectivity index (χ2v) is 5.93. The van der Waals surface area contributed by atoms with Crippen LogP contribution in [0.1, 0.15) is 46.5 Å². The molecule has 1 fully saturated rings. The summed E-state index contributed by atoms with van der Waals surface area (Å²) < 4.78 is 1.68. The lowest BCUT2D eigenvalue weighted by atomic mass is 10.1. The van der Waals surface area contributed by atoms with E-state index in [1.807, 2.05) is 38.9 Å². The van der Waals surface area contributed by atoms with Crippen LogP contribution in [0.2, 0.25) is 0 Å². The Labute approximate surface area is 135 Å². The van der Waals surface area contributed by atoms with Crippen LogP contribution < -0.4 is 5.32 Å². The Hall–Kier alpha value is -2.44. The molecule has 7 nitrogen and oxygen atoms in total. The molecule has 0 unspecified atom stereocenters. The van der Waals surface area contributed by atoms with Gasteiger partial charge in [0.25, 0.3) is 5.91 Å². The quantitative estimate of drug-likeness (QED) is 0.935. The maximum absolute atomic E-state index is 12.9. The van der Waals surface area contributed by atoms with Gasteiger partial charge in [-0.05, 0) is 26.7 Å². The van der Waals surface area contributed by atoms with Gasteiger partial charge in [0.1, 0.15) is 11.6 Å². The third-order valence-corrected chi connectivity index (χ3v) is 4.21. The van der Waals surface area contributed by atoms with Crippen LogP contribution in [0.5, 0.6) is 0 Å². The Morgan fingerprint density at radius 1 is 1.35 bits per heavy atom. The third-order valence-electron chi connectivity index (χ3n) is 4.21. The standard InChI is InChI=1S/C16H22N6O/c1-10-12(9-21(4)20-10)16(23)22-7-5-6-14(22)13-8-15(17-3)19-11(2)18-13/h8-9,14H,5-7H2,1-4H3,(H,17,18,19)/t14-/m1/s1. The van der Waals surface area contributed by atoms with Gasteiger partial charge in [-0.1, -0.05) is 0 Å². The molecule has 1 amide bonds. The van der Waals surface area contributed by atoms with Crippen LogP contribution in [0, 0.1) is 13.8 Å². The second kappa shape index (κ2) is 5.98.